The molecule has 0 heterocycles. The summed E-state index contributed by atoms with van der Waals surface area (Å²) in [6.45, 7) is -0.332. The lowest BCUT2D eigenvalue weighted by molar-refractivity contribution is -0.156. The van der Waals surface area contributed by atoms with Gasteiger partial charge >= 0.3 is 12.0 Å². The Bertz CT molecular complexity index is 1040. The third-order valence-corrected chi connectivity index (χ3v) is 6.28. The van der Waals surface area contributed by atoms with Crippen LogP contribution in [-0.4, -0.2) is 39.9 Å². The van der Waals surface area contributed by atoms with E-state index in [0.29, 0.717) is 5.56 Å². The second-order valence-electron chi connectivity index (χ2n) is 6.05. The molecule has 12 heteroatoms. The highest BCUT2D eigenvalue weighted by Gasteiger charge is 2.27. The summed E-state index contributed by atoms with van der Waals surface area (Å²) >= 11 is 11.8. The maximum atomic E-state index is 12.4. The Hall–Kier alpha value is -2.66. The van der Waals surface area contributed by atoms with Gasteiger partial charge in [0.1, 0.15) is 4.90 Å². The number of imide groups is 1. The zero-order valence-electron chi connectivity index (χ0n) is 16.2. The van der Waals surface area contributed by atoms with E-state index in [2.05, 4.69) is 10.0 Å². The first-order chi connectivity index (χ1) is 14.7. The van der Waals surface area contributed by atoms with E-state index in [1.54, 1.807) is 30.3 Å². The summed E-state index contributed by atoms with van der Waals surface area (Å²) < 4.78 is 32.2. The molecular formula is C19H19Cl2N3O6S. The molecule has 9 nitrogen and oxygen atoms in total. The fourth-order valence-electron chi connectivity index (χ4n) is 2.43. The van der Waals surface area contributed by atoms with E-state index >= 15 is 0 Å². The highest BCUT2D eigenvalue weighted by atomic mass is 35.5. The summed E-state index contributed by atoms with van der Waals surface area (Å²) in [5.41, 5.74) is 0.334. The number of halogens is 2. The van der Waals surface area contributed by atoms with Crippen molar-refractivity contribution in [1.82, 2.24) is 15.4 Å². The van der Waals surface area contributed by atoms with Gasteiger partial charge in [0.25, 0.3) is 5.91 Å². The zero-order chi connectivity index (χ0) is 23.0. The van der Waals surface area contributed by atoms with Crippen LogP contribution in [0.25, 0.3) is 0 Å². The molecule has 0 saturated heterocycles. The second-order valence-corrected chi connectivity index (χ2v) is 8.57. The van der Waals surface area contributed by atoms with Gasteiger partial charge in [-0.3, -0.25) is 14.9 Å². The van der Waals surface area contributed by atoms with Crippen molar-refractivity contribution >= 4 is 51.1 Å². The normalized spacial score (nSPS) is 12.0. The molecule has 31 heavy (non-hydrogen) atoms. The quantitative estimate of drug-likeness (QED) is 0.490. The van der Waals surface area contributed by atoms with Crippen LogP contribution in [0.3, 0.4) is 0 Å². The minimum absolute atomic E-state index is 0.0717. The summed E-state index contributed by atoms with van der Waals surface area (Å²) in [7, 11) is -2.76. The summed E-state index contributed by atoms with van der Waals surface area (Å²) in [6, 6.07) is 11.5. The van der Waals surface area contributed by atoms with Crippen LogP contribution in [0, 0.1) is 0 Å². The van der Waals surface area contributed by atoms with E-state index in [0.717, 1.165) is 0 Å². The van der Waals surface area contributed by atoms with Gasteiger partial charge in [0.15, 0.2) is 0 Å². The first-order valence-corrected chi connectivity index (χ1v) is 11.1. The number of ether oxygens (including phenoxy) is 1. The number of nitrogens with one attached hydrogen (secondary N) is 3. The molecule has 0 fully saturated rings. The molecule has 1 atom stereocenters. The van der Waals surface area contributed by atoms with Crippen molar-refractivity contribution in [3.05, 3.63) is 64.1 Å². The van der Waals surface area contributed by atoms with Gasteiger partial charge in [-0.25, -0.2) is 17.9 Å². The van der Waals surface area contributed by atoms with E-state index in [1.807, 2.05) is 5.32 Å². The Morgan fingerprint density at radius 3 is 2.19 bits per heavy atom. The number of carbonyl (C=O) groups is 3. The van der Waals surface area contributed by atoms with Crippen LogP contribution in [0.4, 0.5) is 4.79 Å². The number of amides is 3. The Morgan fingerprint density at radius 2 is 1.61 bits per heavy atom. The summed E-state index contributed by atoms with van der Waals surface area (Å²) in [4.78, 5) is 35.7. The van der Waals surface area contributed by atoms with E-state index in [4.69, 9.17) is 27.9 Å². The number of hydrogen-bond donors (Lipinski definition) is 3. The van der Waals surface area contributed by atoms with Crippen molar-refractivity contribution in [1.29, 1.82) is 0 Å². The van der Waals surface area contributed by atoms with Crippen LogP contribution in [-0.2, 0) is 24.3 Å². The zero-order valence-corrected chi connectivity index (χ0v) is 18.6. The third-order valence-electron chi connectivity index (χ3n) is 3.86. The van der Waals surface area contributed by atoms with Gasteiger partial charge in [-0.15, -0.1) is 0 Å². The number of sulfonamides is 1. The number of hydrogen-bond acceptors (Lipinski definition) is 6. The first-order valence-electron chi connectivity index (χ1n) is 8.86. The van der Waals surface area contributed by atoms with E-state index in [9.17, 15) is 22.8 Å². The third kappa shape index (κ3) is 6.93. The molecule has 0 saturated carbocycles. The average molecular weight is 488 g/mol. The maximum absolute atomic E-state index is 12.4. The van der Waals surface area contributed by atoms with E-state index in [-0.39, 0.29) is 21.5 Å². The number of esters is 1. The van der Waals surface area contributed by atoms with Gasteiger partial charge < -0.3 is 10.1 Å². The average Bonchev–Trinajstić information content (AvgIpc) is 2.72. The lowest BCUT2D eigenvalue weighted by atomic mass is 10.1. The lowest BCUT2D eigenvalue weighted by Crippen LogP contribution is -2.41. The van der Waals surface area contributed by atoms with Crippen molar-refractivity contribution in [2.45, 2.75) is 17.4 Å². The van der Waals surface area contributed by atoms with Gasteiger partial charge in [0.2, 0.25) is 16.1 Å². The molecule has 2 aromatic carbocycles. The van der Waals surface area contributed by atoms with Crippen LogP contribution in [0.5, 0.6) is 0 Å². The van der Waals surface area contributed by atoms with E-state index < -0.39 is 40.5 Å². The number of benzene rings is 2. The molecule has 0 aromatic heterocycles. The Kier molecular flexibility index (Phi) is 8.81. The van der Waals surface area contributed by atoms with E-state index in [1.165, 1.54) is 25.2 Å². The maximum Gasteiger partial charge on any atom is 0.321 e. The monoisotopic (exact) mass is 487 g/mol. The van der Waals surface area contributed by atoms with Crippen molar-refractivity contribution < 1.29 is 27.5 Å². The molecule has 2 rings (SSSR count). The minimum Gasteiger partial charge on any atom is -0.447 e. The van der Waals surface area contributed by atoms with Crippen molar-refractivity contribution in [2.24, 2.45) is 0 Å². The predicted octanol–water partition coefficient (Wildman–Crippen LogP) is 2.40. The minimum atomic E-state index is -4.09. The smallest absolute Gasteiger partial charge is 0.321 e. The van der Waals surface area contributed by atoms with Gasteiger partial charge in [0, 0.05) is 19.2 Å². The van der Waals surface area contributed by atoms with Crippen LogP contribution < -0.4 is 15.4 Å². The molecule has 0 radical (unpaired) electrons. The molecule has 0 aliphatic rings. The van der Waals surface area contributed by atoms with Crippen molar-refractivity contribution in [2.75, 3.05) is 13.6 Å². The van der Waals surface area contributed by atoms with Gasteiger partial charge in [-0.2, -0.15) is 0 Å². The van der Waals surface area contributed by atoms with Crippen LogP contribution in [0.1, 0.15) is 18.1 Å². The molecule has 0 aliphatic carbocycles. The highest BCUT2D eigenvalue weighted by molar-refractivity contribution is 7.89. The fourth-order valence-corrected chi connectivity index (χ4v) is 4.60. The molecular weight excluding hydrogens is 469 g/mol. The first kappa shape index (κ1) is 24.6. The summed E-state index contributed by atoms with van der Waals surface area (Å²) in [5, 5.41) is 4.12. The Labute approximate surface area is 189 Å². The topological polar surface area (TPSA) is 131 Å². The lowest BCUT2D eigenvalue weighted by Gasteiger charge is -2.17. The summed E-state index contributed by atoms with van der Waals surface area (Å²) in [6.07, 6.45) is -1.79. The second kappa shape index (κ2) is 11.1. The molecule has 0 bridgehead atoms. The fraction of sp³-hybridized carbons (Fsp3) is 0.211. The number of carbonyl (C=O) groups excluding carboxylic acids is 3. The molecule has 3 N–H and O–H groups in total. The molecule has 0 spiro atoms. The van der Waals surface area contributed by atoms with Crippen LogP contribution in [0.15, 0.2) is 53.4 Å². The molecule has 1 unspecified atom stereocenters. The van der Waals surface area contributed by atoms with Gasteiger partial charge in [-0.05, 0) is 12.1 Å². The van der Waals surface area contributed by atoms with Crippen molar-refractivity contribution in [3.8, 4) is 0 Å². The Morgan fingerprint density at radius 1 is 1.00 bits per heavy atom. The Balaban J connectivity index is 2.04. The molecule has 166 valence electrons. The van der Waals surface area contributed by atoms with Gasteiger partial charge in [0.05, 0.1) is 16.5 Å². The molecule has 2 aromatic rings. The predicted molar refractivity (Wildman–Crippen MR) is 114 cm³/mol. The van der Waals surface area contributed by atoms with Gasteiger partial charge in [-0.1, -0.05) is 59.6 Å². The standard InChI is InChI=1S/C19H19Cl2N3O6S/c1-22-19(27)24-18(26)16(12-6-3-2-4-7-12)30-15(25)10-11-23-31(28,29)17-13(20)8-5-9-14(17)21/h2-9,16,23H,10-11H2,1H3,(H2,22,24,26,27). The highest BCUT2D eigenvalue weighted by Crippen LogP contribution is 2.28. The van der Waals surface area contributed by atoms with Crippen LogP contribution >= 0.6 is 23.2 Å². The number of urea groups is 1. The van der Waals surface area contributed by atoms with Crippen LogP contribution in [0.2, 0.25) is 10.0 Å². The summed E-state index contributed by atoms with van der Waals surface area (Å²) in [5.74, 6) is -1.73. The van der Waals surface area contributed by atoms with Crippen molar-refractivity contribution in [3.63, 3.8) is 0 Å². The molecule has 0 aliphatic heterocycles. The molecule has 3 amide bonds. The largest absolute Gasteiger partial charge is 0.447 e. The SMILES string of the molecule is CNC(=O)NC(=O)C(OC(=O)CCNS(=O)(=O)c1c(Cl)cccc1Cl)c1ccccc1. The number of rotatable bonds is 8.